The van der Waals surface area contributed by atoms with Gasteiger partial charge in [0, 0.05) is 32.7 Å². The minimum absolute atomic E-state index is 0.572. The van der Waals surface area contributed by atoms with Crippen molar-refractivity contribution < 1.29 is 9.47 Å². The maximum Gasteiger partial charge on any atom is 0.191 e. The van der Waals surface area contributed by atoms with Crippen molar-refractivity contribution in [1.82, 2.24) is 4.90 Å². The van der Waals surface area contributed by atoms with Crippen LogP contribution in [0.25, 0.3) is 0 Å². The molecule has 0 unspecified atom stereocenters. The van der Waals surface area contributed by atoms with Crippen LogP contribution in [0.4, 0.5) is 0 Å². The quantitative estimate of drug-likeness (QED) is 0.404. The van der Waals surface area contributed by atoms with E-state index in [4.69, 9.17) is 15.2 Å². The Balaban J connectivity index is 2.17. The summed E-state index contributed by atoms with van der Waals surface area (Å²) in [5.74, 6) is 1.24. The first-order valence-corrected chi connectivity index (χ1v) is 5.89. The van der Waals surface area contributed by atoms with Gasteiger partial charge in [-0.2, -0.15) is 0 Å². The summed E-state index contributed by atoms with van der Waals surface area (Å²) in [5, 5.41) is 0. The molecule has 1 saturated heterocycles. The molecule has 94 valence electrons. The van der Waals surface area contributed by atoms with E-state index in [1.807, 2.05) is 6.92 Å². The molecule has 16 heavy (non-hydrogen) atoms. The van der Waals surface area contributed by atoms with Crippen molar-refractivity contribution in [2.24, 2.45) is 16.6 Å². The van der Waals surface area contributed by atoms with E-state index in [1.54, 1.807) is 7.11 Å². The van der Waals surface area contributed by atoms with E-state index < -0.39 is 0 Å². The van der Waals surface area contributed by atoms with Gasteiger partial charge in [0.25, 0.3) is 0 Å². The van der Waals surface area contributed by atoms with Gasteiger partial charge in [-0.15, -0.1) is 0 Å². The van der Waals surface area contributed by atoms with E-state index in [9.17, 15) is 0 Å². The van der Waals surface area contributed by atoms with E-state index in [0.717, 1.165) is 32.7 Å². The number of nitrogens with zero attached hydrogens (tertiary/aromatic N) is 2. The van der Waals surface area contributed by atoms with Crippen molar-refractivity contribution in [3.63, 3.8) is 0 Å². The second-order valence-electron chi connectivity index (χ2n) is 4.00. The normalized spacial score (nSPS) is 21.8. The van der Waals surface area contributed by atoms with Crippen molar-refractivity contribution in [3.05, 3.63) is 0 Å². The van der Waals surface area contributed by atoms with E-state index in [0.29, 0.717) is 25.1 Å². The maximum atomic E-state index is 5.84. The molecule has 0 aromatic rings. The van der Waals surface area contributed by atoms with Crippen molar-refractivity contribution >= 4 is 5.96 Å². The van der Waals surface area contributed by atoms with E-state index in [2.05, 4.69) is 9.89 Å². The van der Waals surface area contributed by atoms with Crippen LogP contribution in [0.3, 0.4) is 0 Å². The monoisotopic (exact) mass is 229 g/mol. The summed E-state index contributed by atoms with van der Waals surface area (Å²) in [6, 6.07) is 0. The Hall–Kier alpha value is -0.810. The molecule has 0 aromatic carbocycles. The van der Waals surface area contributed by atoms with Crippen LogP contribution < -0.4 is 5.73 Å². The first-order valence-electron chi connectivity index (χ1n) is 5.89. The first kappa shape index (κ1) is 13.3. The molecule has 1 fully saturated rings. The molecule has 0 saturated carbocycles. The molecule has 1 atom stereocenters. The highest BCUT2D eigenvalue weighted by atomic mass is 16.5. The molecule has 0 bridgehead atoms. The highest BCUT2D eigenvalue weighted by molar-refractivity contribution is 5.78. The van der Waals surface area contributed by atoms with E-state index in [-0.39, 0.29) is 0 Å². The third-order valence-electron chi connectivity index (χ3n) is 2.72. The fraction of sp³-hybridized carbons (Fsp3) is 0.909. The fourth-order valence-electron chi connectivity index (χ4n) is 1.83. The molecule has 0 spiro atoms. The van der Waals surface area contributed by atoms with E-state index in [1.165, 1.54) is 0 Å². The number of ether oxygens (including phenoxy) is 2. The van der Waals surface area contributed by atoms with Crippen LogP contribution in [0.2, 0.25) is 0 Å². The van der Waals surface area contributed by atoms with Crippen LogP contribution in [0, 0.1) is 5.92 Å². The molecule has 1 aliphatic heterocycles. The van der Waals surface area contributed by atoms with Crippen molar-refractivity contribution in [2.75, 3.05) is 46.6 Å². The number of rotatable bonds is 6. The maximum absolute atomic E-state index is 5.84. The van der Waals surface area contributed by atoms with Crippen molar-refractivity contribution in [1.29, 1.82) is 0 Å². The standard InChI is InChI=1S/C11H23N3O2/c1-3-13-11(12)14-5-4-10(8-14)9-16-7-6-15-2/h10H,3-9H2,1-2H3,(H2,12,13)/t10-/m1/s1. The summed E-state index contributed by atoms with van der Waals surface area (Å²) >= 11 is 0. The lowest BCUT2D eigenvalue weighted by molar-refractivity contribution is 0.0536. The van der Waals surface area contributed by atoms with Gasteiger partial charge < -0.3 is 20.1 Å². The predicted octanol–water partition coefficient (Wildman–Crippen LogP) is 0.306. The SMILES string of the molecule is CCN=C(N)N1CC[C@@H](COCCOC)C1. The lowest BCUT2D eigenvalue weighted by Crippen LogP contribution is -2.36. The molecule has 0 amide bonds. The molecule has 5 heteroatoms. The van der Waals surface area contributed by atoms with Gasteiger partial charge in [-0.3, -0.25) is 4.99 Å². The van der Waals surface area contributed by atoms with Crippen LogP contribution in [-0.4, -0.2) is 57.4 Å². The Kier molecular flexibility index (Phi) is 6.18. The molecule has 1 aliphatic rings. The van der Waals surface area contributed by atoms with Crippen LogP contribution in [0.1, 0.15) is 13.3 Å². The van der Waals surface area contributed by atoms with Crippen LogP contribution >= 0.6 is 0 Å². The number of guanidine groups is 1. The zero-order chi connectivity index (χ0) is 11.8. The molecule has 2 N–H and O–H groups in total. The van der Waals surface area contributed by atoms with Crippen molar-refractivity contribution in [3.8, 4) is 0 Å². The first-order chi connectivity index (χ1) is 7.77. The predicted molar refractivity (Wildman–Crippen MR) is 64.5 cm³/mol. The molecule has 0 aliphatic carbocycles. The molecule has 1 rings (SSSR count). The minimum atomic E-state index is 0.572. The third-order valence-corrected chi connectivity index (χ3v) is 2.72. The van der Waals surface area contributed by atoms with Gasteiger partial charge in [-0.1, -0.05) is 0 Å². The number of hydrogen-bond acceptors (Lipinski definition) is 3. The second-order valence-corrected chi connectivity index (χ2v) is 4.00. The van der Waals surface area contributed by atoms with Gasteiger partial charge in [0.1, 0.15) is 0 Å². The zero-order valence-corrected chi connectivity index (χ0v) is 10.3. The van der Waals surface area contributed by atoms with Gasteiger partial charge in [0.05, 0.1) is 19.8 Å². The Morgan fingerprint density at radius 1 is 1.50 bits per heavy atom. The molecule has 0 aromatic heterocycles. The van der Waals surface area contributed by atoms with Crippen LogP contribution in [0.5, 0.6) is 0 Å². The smallest absolute Gasteiger partial charge is 0.191 e. The summed E-state index contributed by atoms with van der Waals surface area (Å²) in [6.45, 7) is 6.82. The third kappa shape index (κ3) is 4.37. The number of methoxy groups -OCH3 is 1. The topological polar surface area (TPSA) is 60.1 Å². The van der Waals surface area contributed by atoms with Crippen LogP contribution in [-0.2, 0) is 9.47 Å². The molecular formula is C11H23N3O2. The lowest BCUT2D eigenvalue weighted by atomic mass is 10.1. The highest BCUT2D eigenvalue weighted by Gasteiger charge is 2.23. The second kappa shape index (κ2) is 7.46. The van der Waals surface area contributed by atoms with E-state index >= 15 is 0 Å². The molecule has 5 nitrogen and oxygen atoms in total. The zero-order valence-electron chi connectivity index (χ0n) is 10.3. The van der Waals surface area contributed by atoms with Crippen LogP contribution in [0.15, 0.2) is 4.99 Å². The number of hydrogen-bond donors (Lipinski definition) is 1. The van der Waals surface area contributed by atoms with Gasteiger partial charge in [-0.05, 0) is 13.3 Å². The summed E-state index contributed by atoms with van der Waals surface area (Å²) in [7, 11) is 1.68. The summed E-state index contributed by atoms with van der Waals surface area (Å²) in [5.41, 5.74) is 5.84. The molecule has 0 radical (unpaired) electrons. The molecular weight excluding hydrogens is 206 g/mol. The highest BCUT2D eigenvalue weighted by Crippen LogP contribution is 2.15. The number of likely N-dealkylation sites (tertiary alicyclic amines) is 1. The average molecular weight is 229 g/mol. The summed E-state index contributed by atoms with van der Waals surface area (Å²) < 4.78 is 10.4. The number of aliphatic imine (C=N–C) groups is 1. The summed E-state index contributed by atoms with van der Waals surface area (Å²) in [6.07, 6.45) is 1.13. The van der Waals surface area contributed by atoms with Gasteiger partial charge in [0.15, 0.2) is 5.96 Å². The average Bonchev–Trinajstić information content (AvgIpc) is 2.73. The fourth-order valence-corrected chi connectivity index (χ4v) is 1.83. The Morgan fingerprint density at radius 3 is 3.00 bits per heavy atom. The van der Waals surface area contributed by atoms with Gasteiger partial charge in [-0.25, -0.2) is 0 Å². The lowest BCUT2D eigenvalue weighted by Gasteiger charge is -2.17. The minimum Gasteiger partial charge on any atom is -0.382 e. The van der Waals surface area contributed by atoms with Gasteiger partial charge in [0.2, 0.25) is 0 Å². The summed E-state index contributed by atoms with van der Waals surface area (Å²) in [4.78, 5) is 6.34. The Morgan fingerprint density at radius 2 is 2.31 bits per heavy atom. The number of nitrogens with two attached hydrogens (primary N) is 1. The molecule has 1 heterocycles. The largest absolute Gasteiger partial charge is 0.382 e. The van der Waals surface area contributed by atoms with Gasteiger partial charge >= 0.3 is 0 Å². The Bertz CT molecular complexity index is 221. The Labute approximate surface area is 97.6 Å². The van der Waals surface area contributed by atoms with Crippen molar-refractivity contribution in [2.45, 2.75) is 13.3 Å².